The maximum Gasteiger partial charge on any atom is 0.347 e. The largest absolute Gasteiger partial charge is 0.507 e. The topological polar surface area (TPSA) is 70.8 Å². The van der Waals surface area contributed by atoms with Gasteiger partial charge >= 0.3 is 5.63 Å². The second-order valence-corrected chi connectivity index (χ2v) is 6.47. The molecule has 0 spiro atoms. The second kappa shape index (κ2) is 8.81. The Hall–Kier alpha value is -2.14. The van der Waals surface area contributed by atoms with E-state index in [1.54, 1.807) is 18.2 Å². The summed E-state index contributed by atoms with van der Waals surface area (Å²) in [6.07, 6.45) is 4.35. The van der Waals surface area contributed by atoms with E-state index in [1.807, 2.05) is 0 Å². The molecular formula is C20H27NO4. The number of hydrogen-bond acceptors (Lipinski definition) is 5. The number of aromatic hydroxyl groups is 1. The Kier molecular flexibility index (Phi) is 6.76. The minimum absolute atomic E-state index is 0.0398. The fraction of sp³-hybridized carbons (Fsp3) is 0.500. The van der Waals surface area contributed by atoms with E-state index in [0.717, 1.165) is 38.8 Å². The summed E-state index contributed by atoms with van der Waals surface area (Å²) in [5, 5.41) is 11.0. The van der Waals surface area contributed by atoms with Gasteiger partial charge in [0.05, 0.1) is 5.56 Å². The van der Waals surface area contributed by atoms with Gasteiger partial charge in [0.25, 0.3) is 0 Å². The van der Waals surface area contributed by atoms with E-state index in [0.29, 0.717) is 23.1 Å². The minimum Gasteiger partial charge on any atom is -0.507 e. The van der Waals surface area contributed by atoms with Crippen molar-refractivity contribution in [2.75, 3.05) is 13.1 Å². The van der Waals surface area contributed by atoms with Crippen molar-refractivity contribution in [2.24, 2.45) is 0 Å². The summed E-state index contributed by atoms with van der Waals surface area (Å²) in [4.78, 5) is 25.9. The number of ketones is 1. The first kappa shape index (κ1) is 19.2. The van der Waals surface area contributed by atoms with Crippen molar-refractivity contribution in [3.8, 4) is 5.75 Å². The molecule has 0 unspecified atom stereocenters. The summed E-state index contributed by atoms with van der Waals surface area (Å²) < 4.78 is 5.41. The maximum atomic E-state index is 12.1. The quantitative estimate of drug-likeness (QED) is 0.547. The lowest BCUT2D eigenvalue weighted by Crippen LogP contribution is -2.26. The number of benzene rings is 1. The van der Waals surface area contributed by atoms with Gasteiger partial charge in [0.1, 0.15) is 16.9 Å². The average molecular weight is 345 g/mol. The molecule has 25 heavy (non-hydrogen) atoms. The van der Waals surface area contributed by atoms with Crippen LogP contribution in [0.1, 0.15) is 62.4 Å². The van der Waals surface area contributed by atoms with Crippen molar-refractivity contribution in [1.82, 2.24) is 4.90 Å². The van der Waals surface area contributed by atoms with Crippen molar-refractivity contribution in [2.45, 2.75) is 53.0 Å². The first-order chi connectivity index (χ1) is 12.0. The van der Waals surface area contributed by atoms with Crippen LogP contribution in [-0.2, 0) is 6.54 Å². The third-order valence-corrected chi connectivity index (χ3v) is 4.40. The predicted octanol–water partition coefficient (Wildman–Crippen LogP) is 4.10. The summed E-state index contributed by atoms with van der Waals surface area (Å²) in [5.41, 5.74) is 0.364. The first-order valence-electron chi connectivity index (χ1n) is 8.99. The van der Waals surface area contributed by atoms with Gasteiger partial charge in [-0.2, -0.15) is 0 Å². The predicted molar refractivity (Wildman–Crippen MR) is 99.2 cm³/mol. The van der Waals surface area contributed by atoms with Crippen LogP contribution in [0.25, 0.3) is 11.0 Å². The van der Waals surface area contributed by atoms with E-state index < -0.39 is 5.63 Å². The van der Waals surface area contributed by atoms with Gasteiger partial charge in [-0.25, -0.2) is 4.79 Å². The molecule has 136 valence electrons. The molecule has 1 heterocycles. The second-order valence-electron chi connectivity index (χ2n) is 6.47. The van der Waals surface area contributed by atoms with Crippen LogP contribution < -0.4 is 5.63 Å². The van der Waals surface area contributed by atoms with Gasteiger partial charge in [0.2, 0.25) is 0 Å². The first-order valence-corrected chi connectivity index (χ1v) is 8.99. The summed E-state index contributed by atoms with van der Waals surface area (Å²) in [6.45, 7) is 8.03. The van der Waals surface area contributed by atoms with Gasteiger partial charge in [-0.15, -0.1) is 0 Å². The number of Topliss-reactive ketones (excluding diaryl/α,β-unsaturated/α-hetero) is 1. The highest BCUT2D eigenvalue weighted by Gasteiger charge is 2.17. The number of nitrogens with zero attached hydrogens (tertiary/aromatic N) is 1. The van der Waals surface area contributed by atoms with Crippen LogP contribution in [0, 0.1) is 0 Å². The molecule has 5 heteroatoms. The molecule has 0 aliphatic rings. The Bertz CT molecular complexity index is 786. The molecule has 2 aromatic rings. The molecule has 1 aromatic carbocycles. The van der Waals surface area contributed by atoms with E-state index in [-0.39, 0.29) is 17.1 Å². The van der Waals surface area contributed by atoms with Gasteiger partial charge in [-0.3, -0.25) is 9.69 Å². The third kappa shape index (κ3) is 4.69. The highest BCUT2D eigenvalue weighted by atomic mass is 16.4. The summed E-state index contributed by atoms with van der Waals surface area (Å²) in [6, 6.07) is 4.82. The number of phenolic OH excluding ortho intramolecular Hbond substituents is 1. The number of phenols is 1. The molecule has 0 fully saturated rings. The van der Waals surface area contributed by atoms with Crippen molar-refractivity contribution in [3.05, 3.63) is 39.7 Å². The Morgan fingerprint density at radius 1 is 1.16 bits per heavy atom. The molecule has 1 aromatic heterocycles. The molecule has 2 rings (SSSR count). The highest BCUT2D eigenvalue weighted by molar-refractivity contribution is 5.97. The maximum absolute atomic E-state index is 12.1. The average Bonchev–Trinajstić information content (AvgIpc) is 2.58. The van der Waals surface area contributed by atoms with Crippen LogP contribution in [0.15, 0.2) is 27.4 Å². The number of hydrogen-bond donors (Lipinski definition) is 1. The summed E-state index contributed by atoms with van der Waals surface area (Å²) in [5.74, 6) is -0.206. The van der Waals surface area contributed by atoms with E-state index in [1.165, 1.54) is 6.92 Å². The molecule has 0 aliphatic carbocycles. The SMILES string of the molecule is CCCCN(CCCC)Cc1c(O)ccc2cc(C(C)=O)c(=O)oc12. The van der Waals surface area contributed by atoms with E-state index in [9.17, 15) is 14.7 Å². The molecule has 0 radical (unpaired) electrons. The van der Waals surface area contributed by atoms with Crippen LogP contribution in [0.4, 0.5) is 0 Å². The van der Waals surface area contributed by atoms with Crippen molar-refractivity contribution >= 4 is 16.8 Å². The number of carbonyl (C=O) groups excluding carboxylic acids is 1. The van der Waals surface area contributed by atoms with Crippen molar-refractivity contribution in [3.63, 3.8) is 0 Å². The lowest BCUT2D eigenvalue weighted by molar-refractivity contribution is 0.101. The van der Waals surface area contributed by atoms with Crippen LogP contribution in [-0.4, -0.2) is 28.9 Å². The van der Waals surface area contributed by atoms with Crippen LogP contribution in [0.5, 0.6) is 5.75 Å². The van der Waals surface area contributed by atoms with Gasteiger partial charge in [0.15, 0.2) is 5.78 Å². The summed E-state index contributed by atoms with van der Waals surface area (Å²) >= 11 is 0. The molecule has 0 bridgehead atoms. The van der Waals surface area contributed by atoms with E-state index >= 15 is 0 Å². The normalized spacial score (nSPS) is 11.4. The zero-order chi connectivity index (χ0) is 18.4. The zero-order valence-electron chi connectivity index (χ0n) is 15.3. The molecule has 0 amide bonds. The number of carbonyl (C=O) groups is 1. The standard InChI is InChI=1S/C20H27NO4/c1-4-6-10-21(11-7-5-2)13-17-18(23)9-8-15-12-16(14(3)22)20(24)25-19(15)17/h8-9,12,23H,4-7,10-11,13H2,1-3H3. The third-order valence-electron chi connectivity index (χ3n) is 4.40. The number of rotatable bonds is 9. The lowest BCUT2D eigenvalue weighted by atomic mass is 10.1. The van der Waals surface area contributed by atoms with E-state index in [2.05, 4.69) is 18.7 Å². The number of unbranched alkanes of at least 4 members (excludes halogenated alkanes) is 2. The van der Waals surface area contributed by atoms with Gasteiger partial charge < -0.3 is 9.52 Å². The lowest BCUT2D eigenvalue weighted by Gasteiger charge is -2.23. The van der Waals surface area contributed by atoms with Gasteiger partial charge in [0, 0.05) is 11.9 Å². The van der Waals surface area contributed by atoms with E-state index in [4.69, 9.17) is 4.42 Å². The van der Waals surface area contributed by atoms with Gasteiger partial charge in [-0.1, -0.05) is 26.7 Å². The molecule has 0 saturated carbocycles. The molecule has 0 aliphatic heterocycles. The highest BCUT2D eigenvalue weighted by Crippen LogP contribution is 2.28. The molecular weight excluding hydrogens is 318 g/mol. The van der Waals surface area contributed by atoms with Gasteiger partial charge in [-0.05, 0) is 51.1 Å². The Morgan fingerprint density at radius 3 is 2.36 bits per heavy atom. The van der Waals surface area contributed by atoms with Crippen molar-refractivity contribution < 1.29 is 14.3 Å². The Morgan fingerprint density at radius 2 is 1.80 bits per heavy atom. The van der Waals surface area contributed by atoms with Crippen LogP contribution in [0.3, 0.4) is 0 Å². The minimum atomic E-state index is -0.652. The molecule has 0 atom stereocenters. The monoisotopic (exact) mass is 345 g/mol. The Labute approximate surface area is 148 Å². The van der Waals surface area contributed by atoms with Crippen LogP contribution in [0.2, 0.25) is 0 Å². The molecule has 1 N–H and O–H groups in total. The molecule has 0 saturated heterocycles. The zero-order valence-corrected chi connectivity index (χ0v) is 15.3. The molecule has 5 nitrogen and oxygen atoms in total. The van der Waals surface area contributed by atoms with Crippen LogP contribution >= 0.6 is 0 Å². The Balaban J connectivity index is 2.44. The van der Waals surface area contributed by atoms with Crippen molar-refractivity contribution in [1.29, 1.82) is 0 Å². The fourth-order valence-corrected chi connectivity index (χ4v) is 2.89. The summed E-state index contributed by atoms with van der Waals surface area (Å²) in [7, 11) is 0. The smallest absolute Gasteiger partial charge is 0.347 e. The fourth-order valence-electron chi connectivity index (χ4n) is 2.89. The number of fused-ring (bicyclic) bond motifs is 1.